The average molecular weight is 293 g/mol. The first-order valence-electron chi connectivity index (χ1n) is 6.23. The normalized spacial score (nSPS) is 10.1. The third-order valence-corrected chi connectivity index (χ3v) is 3.06. The number of aromatic nitrogens is 2. The summed E-state index contributed by atoms with van der Waals surface area (Å²) in [6, 6.07) is 5.31. The van der Waals surface area contributed by atoms with Crippen LogP contribution < -0.4 is 14.8 Å². The summed E-state index contributed by atoms with van der Waals surface area (Å²) < 4.78 is 14.6. The largest absolute Gasteiger partial charge is 0.494 e. The number of hydrogen-bond acceptors (Lipinski definition) is 6. The van der Waals surface area contributed by atoms with Crippen LogP contribution in [0.5, 0.6) is 11.5 Å². The van der Waals surface area contributed by atoms with Gasteiger partial charge >= 0.3 is 0 Å². The Kier molecular flexibility index (Phi) is 4.89. The van der Waals surface area contributed by atoms with E-state index < -0.39 is 0 Å². The Hall–Kier alpha value is -2.15. The van der Waals surface area contributed by atoms with E-state index in [2.05, 4.69) is 14.9 Å². The average Bonchev–Trinajstić information content (AvgIpc) is 2.96. The van der Waals surface area contributed by atoms with Gasteiger partial charge in [0.25, 0.3) is 5.91 Å². The number of carbonyl (C=O) groups is 1. The van der Waals surface area contributed by atoms with Crippen LogP contribution in [0.1, 0.15) is 23.5 Å². The molecule has 0 radical (unpaired) electrons. The van der Waals surface area contributed by atoms with E-state index in [0.29, 0.717) is 35.3 Å². The highest BCUT2D eigenvalue weighted by Crippen LogP contribution is 2.30. The van der Waals surface area contributed by atoms with Crippen molar-refractivity contribution < 1.29 is 14.3 Å². The summed E-state index contributed by atoms with van der Waals surface area (Å²) in [5, 5.41) is 6.43. The van der Waals surface area contributed by atoms with Gasteiger partial charge in [-0.1, -0.05) is 4.49 Å². The van der Waals surface area contributed by atoms with Crippen LogP contribution in [0.25, 0.3) is 0 Å². The number of hydrogen-bond donors (Lipinski definition) is 1. The highest BCUT2D eigenvalue weighted by molar-refractivity contribution is 7.07. The number of nitrogens with zero attached hydrogens (tertiary/aromatic N) is 2. The number of rotatable bonds is 6. The maximum Gasteiger partial charge on any atom is 0.269 e. The lowest BCUT2D eigenvalue weighted by Crippen LogP contribution is -2.11. The van der Waals surface area contributed by atoms with Gasteiger partial charge in [0.15, 0.2) is 0 Å². The molecule has 0 atom stereocenters. The molecule has 1 amide bonds. The second-order valence-electron chi connectivity index (χ2n) is 3.76. The second kappa shape index (κ2) is 6.85. The van der Waals surface area contributed by atoms with Crippen LogP contribution in [-0.4, -0.2) is 28.7 Å². The summed E-state index contributed by atoms with van der Waals surface area (Å²) in [4.78, 5) is 12.5. The molecule has 0 saturated carbocycles. The molecule has 1 aromatic heterocycles. The molecule has 1 heterocycles. The Bertz CT molecular complexity index is 572. The quantitative estimate of drug-likeness (QED) is 0.886. The molecule has 0 saturated heterocycles. The van der Waals surface area contributed by atoms with E-state index >= 15 is 0 Å². The van der Waals surface area contributed by atoms with Crippen LogP contribution in [0, 0.1) is 0 Å². The molecular weight excluding hydrogens is 278 g/mol. The van der Waals surface area contributed by atoms with Crippen molar-refractivity contribution in [2.24, 2.45) is 0 Å². The maximum absolute atomic E-state index is 12.0. The lowest BCUT2D eigenvalue weighted by atomic mass is 10.2. The van der Waals surface area contributed by atoms with E-state index in [1.165, 1.54) is 6.20 Å². The van der Waals surface area contributed by atoms with Crippen molar-refractivity contribution in [2.45, 2.75) is 13.8 Å². The van der Waals surface area contributed by atoms with Crippen LogP contribution in [0.2, 0.25) is 0 Å². The molecule has 0 bridgehead atoms. The van der Waals surface area contributed by atoms with Crippen LogP contribution in [0.3, 0.4) is 0 Å². The third-order valence-electron chi connectivity index (χ3n) is 2.40. The molecule has 0 spiro atoms. The fourth-order valence-electron chi connectivity index (χ4n) is 1.60. The molecule has 2 rings (SSSR count). The molecule has 0 unspecified atom stereocenters. The molecule has 2 aromatic rings. The summed E-state index contributed by atoms with van der Waals surface area (Å²) in [6.45, 7) is 4.85. The van der Waals surface area contributed by atoms with Gasteiger partial charge in [0.1, 0.15) is 16.4 Å². The van der Waals surface area contributed by atoms with Crippen molar-refractivity contribution in [2.75, 3.05) is 18.5 Å². The van der Waals surface area contributed by atoms with Gasteiger partial charge in [0.2, 0.25) is 0 Å². The first-order valence-corrected chi connectivity index (χ1v) is 7.00. The van der Waals surface area contributed by atoms with Gasteiger partial charge in [0.05, 0.1) is 25.1 Å². The van der Waals surface area contributed by atoms with Gasteiger partial charge in [0, 0.05) is 6.07 Å². The number of amides is 1. The first-order chi connectivity index (χ1) is 9.74. The van der Waals surface area contributed by atoms with E-state index in [0.717, 1.165) is 11.5 Å². The monoisotopic (exact) mass is 293 g/mol. The van der Waals surface area contributed by atoms with Gasteiger partial charge in [-0.25, -0.2) is 0 Å². The highest BCUT2D eigenvalue weighted by atomic mass is 32.1. The van der Waals surface area contributed by atoms with Crippen molar-refractivity contribution >= 4 is 23.1 Å². The molecule has 1 N–H and O–H groups in total. The van der Waals surface area contributed by atoms with Crippen molar-refractivity contribution in [3.05, 3.63) is 29.3 Å². The summed E-state index contributed by atoms with van der Waals surface area (Å²) >= 11 is 1.04. The van der Waals surface area contributed by atoms with Gasteiger partial charge in [-0.05, 0) is 37.5 Å². The Morgan fingerprint density at radius 1 is 1.30 bits per heavy atom. The minimum Gasteiger partial charge on any atom is -0.494 e. The molecule has 106 valence electrons. The predicted molar refractivity (Wildman–Crippen MR) is 76.6 cm³/mol. The minimum absolute atomic E-state index is 0.269. The molecule has 6 nitrogen and oxygen atoms in total. The fraction of sp³-hybridized carbons (Fsp3) is 0.308. The number of benzene rings is 1. The zero-order valence-corrected chi connectivity index (χ0v) is 12.1. The van der Waals surface area contributed by atoms with Crippen molar-refractivity contribution in [1.82, 2.24) is 9.59 Å². The maximum atomic E-state index is 12.0. The molecule has 0 fully saturated rings. The first kappa shape index (κ1) is 14.3. The summed E-state index contributed by atoms with van der Waals surface area (Å²) in [5.74, 6) is 1.00. The molecule has 0 aliphatic rings. The lowest BCUT2D eigenvalue weighted by Gasteiger charge is -2.12. The molecular formula is C13H15N3O3S. The summed E-state index contributed by atoms with van der Waals surface area (Å²) in [5.41, 5.74) is 0.566. The molecule has 0 aliphatic carbocycles. The Balaban J connectivity index is 2.22. The topological polar surface area (TPSA) is 73.3 Å². The van der Waals surface area contributed by atoms with Crippen LogP contribution >= 0.6 is 11.5 Å². The molecule has 0 aliphatic heterocycles. The van der Waals surface area contributed by atoms with E-state index in [1.807, 2.05) is 13.8 Å². The number of nitrogens with one attached hydrogen (secondary N) is 1. The zero-order chi connectivity index (χ0) is 14.4. The van der Waals surface area contributed by atoms with Gasteiger partial charge in [-0.3, -0.25) is 4.79 Å². The van der Waals surface area contributed by atoms with Gasteiger partial charge in [-0.15, -0.1) is 5.10 Å². The standard InChI is InChI=1S/C13H15N3O3S/c1-3-18-9-5-6-11(19-4-2)10(7-9)15-13(17)12-8-14-16-20-12/h5-8H,3-4H2,1-2H3,(H,15,17). The Morgan fingerprint density at radius 3 is 2.75 bits per heavy atom. The van der Waals surface area contributed by atoms with Gasteiger partial charge in [-0.2, -0.15) is 0 Å². The molecule has 7 heteroatoms. The zero-order valence-electron chi connectivity index (χ0n) is 11.3. The van der Waals surface area contributed by atoms with E-state index in [-0.39, 0.29) is 5.91 Å². The van der Waals surface area contributed by atoms with Crippen molar-refractivity contribution in [1.29, 1.82) is 0 Å². The van der Waals surface area contributed by atoms with Crippen molar-refractivity contribution in [3.63, 3.8) is 0 Å². The molecule has 1 aromatic carbocycles. The second-order valence-corrected chi connectivity index (χ2v) is 4.55. The summed E-state index contributed by atoms with van der Waals surface area (Å²) in [6.07, 6.45) is 1.42. The van der Waals surface area contributed by atoms with E-state index in [9.17, 15) is 4.79 Å². The number of ether oxygens (including phenoxy) is 2. The van der Waals surface area contributed by atoms with Crippen molar-refractivity contribution in [3.8, 4) is 11.5 Å². The third kappa shape index (κ3) is 3.45. The van der Waals surface area contributed by atoms with E-state index in [1.54, 1.807) is 18.2 Å². The Labute approximate surface area is 120 Å². The van der Waals surface area contributed by atoms with E-state index in [4.69, 9.17) is 9.47 Å². The molecule has 20 heavy (non-hydrogen) atoms. The minimum atomic E-state index is -0.269. The number of anilines is 1. The Morgan fingerprint density at radius 2 is 2.10 bits per heavy atom. The lowest BCUT2D eigenvalue weighted by molar-refractivity contribution is 0.103. The summed E-state index contributed by atoms with van der Waals surface area (Å²) in [7, 11) is 0. The smallest absolute Gasteiger partial charge is 0.269 e. The van der Waals surface area contributed by atoms with Crippen LogP contribution in [0.15, 0.2) is 24.4 Å². The highest BCUT2D eigenvalue weighted by Gasteiger charge is 2.13. The SMILES string of the molecule is CCOc1ccc(OCC)c(NC(=O)c2cnns2)c1. The van der Waals surface area contributed by atoms with Gasteiger partial charge < -0.3 is 14.8 Å². The fourth-order valence-corrected chi connectivity index (χ4v) is 2.01. The predicted octanol–water partition coefficient (Wildman–Crippen LogP) is 2.59. The number of carbonyl (C=O) groups excluding carboxylic acids is 1. The van der Waals surface area contributed by atoms with Crippen LogP contribution in [0.4, 0.5) is 5.69 Å². The van der Waals surface area contributed by atoms with Crippen LogP contribution in [-0.2, 0) is 0 Å².